The number of para-hydroxylation sites is 1. The zero-order chi connectivity index (χ0) is 17.6. The van der Waals surface area contributed by atoms with Crippen molar-refractivity contribution in [2.45, 2.75) is 18.1 Å². The van der Waals surface area contributed by atoms with Gasteiger partial charge in [0.2, 0.25) is 11.1 Å². The molecular formula is C18H17BrN4OS. The lowest BCUT2D eigenvalue weighted by atomic mass is 10.1. The summed E-state index contributed by atoms with van der Waals surface area (Å²) >= 11 is 4.73. The Morgan fingerprint density at radius 3 is 2.64 bits per heavy atom. The molecule has 128 valence electrons. The second-order valence-electron chi connectivity index (χ2n) is 5.44. The second-order valence-corrected chi connectivity index (χ2v) is 7.29. The van der Waals surface area contributed by atoms with Crippen molar-refractivity contribution in [2.75, 3.05) is 5.75 Å². The molecule has 1 N–H and O–H groups in total. The molecule has 0 aliphatic carbocycles. The van der Waals surface area contributed by atoms with Crippen LogP contribution in [-0.2, 0) is 4.79 Å². The topological polar surface area (TPSA) is 59.8 Å². The van der Waals surface area contributed by atoms with Crippen LogP contribution < -0.4 is 5.32 Å². The Hall–Kier alpha value is -2.12. The first kappa shape index (κ1) is 17.7. The van der Waals surface area contributed by atoms with E-state index in [1.165, 1.54) is 11.8 Å². The molecule has 1 aromatic heterocycles. The number of hydrogen-bond acceptors (Lipinski definition) is 4. The smallest absolute Gasteiger partial charge is 0.230 e. The highest BCUT2D eigenvalue weighted by Crippen LogP contribution is 2.18. The van der Waals surface area contributed by atoms with Crippen LogP contribution in [0.5, 0.6) is 0 Å². The summed E-state index contributed by atoms with van der Waals surface area (Å²) in [5.41, 5.74) is 2.00. The first-order valence-corrected chi connectivity index (χ1v) is 9.54. The predicted octanol–water partition coefficient (Wildman–Crippen LogP) is 4.00. The summed E-state index contributed by atoms with van der Waals surface area (Å²) in [6, 6.07) is 17.6. The number of nitrogens with one attached hydrogen (secondary N) is 1. The quantitative estimate of drug-likeness (QED) is 0.616. The second kappa shape index (κ2) is 8.31. The molecule has 0 fully saturated rings. The molecule has 1 amide bonds. The zero-order valence-corrected chi connectivity index (χ0v) is 16.0. The minimum Gasteiger partial charge on any atom is -0.349 e. The third-order valence-corrected chi connectivity index (χ3v) is 4.95. The molecule has 0 aliphatic rings. The zero-order valence-electron chi connectivity index (χ0n) is 13.6. The van der Waals surface area contributed by atoms with E-state index in [-0.39, 0.29) is 17.7 Å². The lowest BCUT2D eigenvalue weighted by Crippen LogP contribution is -2.28. The number of halogens is 1. The third kappa shape index (κ3) is 4.93. The van der Waals surface area contributed by atoms with Gasteiger partial charge in [-0.3, -0.25) is 4.79 Å². The minimum atomic E-state index is -0.0453. The summed E-state index contributed by atoms with van der Waals surface area (Å²) in [7, 11) is 0. The van der Waals surface area contributed by atoms with Crippen LogP contribution in [0.1, 0.15) is 18.5 Å². The van der Waals surface area contributed by atoms with Crippen LogP contribution in [0, 0.1) is 0 Å². The molecule has 3 aromatic rings. The van der Waals surface area contributed by atoms with E-state index in [2.05, 4.69) is 31.3 Å². The van der Waals surface area contributed by atoms with Gasteiger partial charge in [-0.25, -0.2) is 9.67 Å². The highest BCUT2D eigenvalue weighted by molar-refractivity contribution is 9.10. The molecule has 1 atom stereocenters. The standard InChI is InChI=1S/C18H17BrN4OS/c1-13(14-7-9-15(19)10-8-14)21-17(24)11-25-18-20-12-23(22-18)16-5-3-2-4-6-16/h2-10,12-13H,11H2,1H3,(H,21,24). The van der Waals surface area contributed by atoms with Crippen LogP contribution >= 0.6 is 27.7 Å². The summed E-state index contributed by atoms with van der Waals surface area (Å²) in [5.74, 6) is 0.233. The third-order valence-electron chi connectivity index (χ3n) is 3.57. The van der Waals surface area contributed by atoms with Gasteiger partial charge in [-0.05, 0) is 36.8 Å². The number of rotatable bonds is 6. The number of carbonyl (C=O) groups is 1. The molecule has 1 unspecified atom stereocenters. The van der Waals surface area contributed by atoms with E-state index in [0.717, 1.165) is 15.7 Å². The van der Waals surface area contributed by atoms with Gasteiger partial charge in [0.1, 0.15) is 6.33 Å². The largest absolute Gasteiger partial charge is 0.349 e. The number of thioether (sulfide) groups is 1. The molecule has 2 aromatic carbocycles. The van der Waals surface area contributed by atoms with Crippen molar-refractivity contribution in [2.24, 2.45) is 0 Å². The van der Waals surface area contributed by atoms with Gasteiger partial charge < -0.3 is 5.32 Å². The summed E-state index contributed by atoms with van der Waals surface area (Å²) in [6.45, 7) is 1.97. The predicted molar refractivity (Wildman–Crippen MR) is 103 cm³/mol. The molecule has 5 nitrogen and oxygen atoms in total. The van der Waals surface area contributed by atoms with E-state index in [0.29, 0.717) is 5.16 Å². The maximum Gasteiger partial charge on any atom is 0.230 e. The number of aromatic nitrogens is 3. The van der Waals surface area contributed by atoms with E-state index in [9.17, 15) is 4.79 Å². The van der Waals surface area contributed by atoms with Gasteiger partial charge in [0, 0.05) is 4.47 Å². The molecule has 25 heavy (non-hydrogen) atoms. The molecule has 0 saturated heterocycles. The number of nitrogens with zero attached hydrogens (tertiary/aromatic N) is 3. The van der Waals surface area contributed by atoms with E-state index in [1.807, 2.05) is 61.5 Å². The number of benzene rings is 2. The van der Waals surface area contributed by atoms with Crippen molar-refractivity contribution < 1.29 is 4.79 Å². The Morgan fingerprint density at radius 1 is 1.20 bits per heavy atom. The van der Waals surface area contributed by atoms with E-state index < -0.39 is 0 Å². The summed E-state index contributed by atoms with van der Waals surface area (Å²) in [4.78, 5) is 16.4. The number of amides is 1. The van der Waals surface area contributed by atoms with Crippen molar-refractivity contribution in [3.05, 3.63) is 71.0 Å². The monoisotopic (exact) mass is 416 g/mol. The normalized spacial score (nSPS) is 11.9. The maximum absolute atomic E-state index is 12.1. The lowest BCUT2D eigenvalue weighted by Gasteiger charge is -2.14. The number of carbonyl (C=O) groups excluding carboxylic acids is 1. The van der Waals surface area contributed by atoms with Gasteiger partial charge in [-0.1, -0.05) is 58.0 Å². The van der Waals surface area contributed by atoms with Gasteiger partial charge in [0.25, 0.3) is 0 Å². The fraction of sp³-hybridized carbons (Fsp3) is 0.167. The van der Waals surface area contributed by atoms with Crippen LogP contribution in [0.3, 0.4) is 0 Å². The first-order valence-electron chi connectivity index (χ1n) is 7.76. The Labute approximate surface area is 159 Å². The first-order chi connectivity index (χ1) is 12.1. The lowest BCUT2D eigenvalue weighted by molar-refractivity contribution is -0.119. The molecule has 0 aliphatic heterocycles. The van der Waals surface area contributed by atoms with Crippen LogP contribution in [0.4, 0.5) is 0 Å². The Morgan fingerprint density at radius 2 is 1.92 bits per heavy atom. The molecular weight excluding hydrogens is 400 g/mol. The average molecular weight is 417 g/mol. The molecule has 3 rings (SSSR count). The highest BCUT2D eigenvalue weighted by Gasteiger charge is 2.11. The van der Waals surface area contributed by atoms with Crippen LogP contribution in [0.25, 0.3) is 5.69 Å². The molecule has 0 spiro atoms. The van der Waals surface area contributed by atoms with Crippen LogP contribution in [0.2, 0.25) is 0 Å². The van der Waals surface area contributed by atoms with Crippen molar-refractivity contribution in [3.63, 3.8) is 0 Å². The summed E-state index contributed by atoms with van der Waals surface area (Å²) in [5, 5.41) is 7.95. The Bertz CT molecular complexity index is 836. The number of hydrogen-bond donors (Lipinski definition) is 1. The Balaban J connectivity index is 1.52. The molecule has 0 bridgehead atoms. The maximum atomic E-state index is 12.1. The van der Waals surface area contributed by atoms with E-state index in [4.69, 9.17) is 0 Å². The average Bonchev–Trinajstić information content (AvgIpc) is 3.10. The minimum absolute atomic E-state index is 0.0449. The summed E-state index contributed by atoms with van der Waals surface area (Å²) < 4.78 is 2.72. The Kier molecular flexibility index (Phi) is 5.88. The molecule has 0 saturated carbocycles. The van der Waals surface area contributed by atoms with Crippen molar-refractivity contribution >= 4 is 33.6 Å². The van der Waals surface area contributed by atoms with Crippen LogP contribution in [-0.4, -0.2) is 26.4 Å². The van der Waals surface area contributed by atoms with Gasteiger partial charge >= 0.3 is 0 Å². The van der Waals surface area contributed by atoms with Gasteiger partial charge in [-0.15, -0.1) is 5.10 Å². The van der Waals surface area contributed by atoms with Gasteiger partial charge in [0.15, 0.2) is 0 Å². The van der Waals surface area contributed by atoms with Gasteiger partial charge in [0.05, 0.1) is 17.5 Å². The van der Waals surface area contributed by atoms with Gasteiger partial charge in [-0.2, -0.15) is 0 Å². The van der Waals surface area contributed by atoms with Crippen molar-refractivity contribution in [3.8, 4) is 5.69 Å². The van der Waals surface area contributed by atoms with E-state index >= 15 is 0 Å². The fourth-order valence-corrected chi connectivity index (χ4v) is 3.14. The molecule has 0 radical (unpaired) electrons. The van der Waals surface area contributed by atoms with Crippen molar-refractivity contribution in [1.82, 2.24) is 20.1 Å². The SMILES string of the molecule is CC(NC(=O)CSc1ncn(-c2ccccc2)n1)c1ccc(Br)cc1. The van der Waals surface area contributed by atoms with E-state index in [1.54, 1.807) is 11.0 Å². The fourth-order valence-electron chi connectivity index (χ4n) is 2.27. The highest BCUT2D eigenvalue weighted by atomic mass is 79.9. The molecule has 1 heterocycles. The molecule has 7 heteroatoms. The summed E-state index contributed by atoms with van der Waals surface area (Å²) in [6.07, 6.45) is 1.65. The van der Waals surface area contributed by atoms with Crippen LogP contribution in [0.15, 0.2) is 70.6 Å². The van der Waals surface area contributed by atoms with Crippen molar-refractivity contribution in [1.29, 1.82) is 0 Å².